The largest absolute Gasteiger partial charge is 0.321 e. The lowest BCUT2D eigenvalue weighted by Crippen LogP contribution is -2.40. The number of carbonyl (C=O) groups is 1. The maximum Gasteiger partial charge on any atom is 0.238 e. The Kier molecular flexibility index (Phi) is 4.51. The number of piperidine rings is 1. The Hall–Kier alpha value is -1.46. The number of nitrogens with one attached hydrogen (secondary N) is 1. The number of rotatable bonds is 4. The third kappa shape index (κ3) is 3.41. The predicted molar refractivity (Wildman–Crippen MR) is 79.1 cm³/mol. The molecule has 2 aliphatic rings. The molecule has 3 rings (SSSR count). The summed E-state index contributed by atoms with van der Waals surface area (Å²) in [5, 5.41) is 3.18. The van der Waals surface area contributed by atoms with Gasteiger partial charge in [-0.05, 0) is 43.6 Å². The lowest BCUT2D eigenvalue weighted by atomic mass is 10.1. The zero-order valence-electron chi connectivity index (χ0n) is 12.2. The fourth-order valence-corrected chi connectivity index (χ4v) is 3.20. The van der Waals surface area contributed by atoms with E-state index in [2.05, 4.69) is 10.2 Å². The third-order valence-corrected chi connectivity index (χ3v) is 4.35. The van der Waals surface area contributed by atoms with Crippen LogP contribution in [0.3, 0.4) is 0 Å². The lowest BCUT2D eigenvalue weighted by Gasteiger charge is -2.30. The molecular weight excluding hydrogens is 269 g/mol. The Labute approximate surface area is 124 Å². The number of hydrogen-bond acceptors (Lipinski definition) is 3. The van der Waals surface area contributed by atoms with E-state index in [0.717, 1.165) is 25.2 Å². The monoisotopic (exact) mass is 291 g/mol. The molecular formula is C16H22FN3O. The van der Waals surface area contributed by atoms with Gasteiger partial charge in [-0.2, -0.15) is 0 Å². The molecule has 2 fully saturated rings. The van der Waals surface area contributed by atoms with Crippen molar-refractivity contribution in [2.24, 2.45) is 0 Å². The van der Waals surface area contributed by atoms with Crippen molar-refractivity contribution in [3.8, 4) is 0 Å². The van der Waals surface area contributed by atoms with Gasteiger partial charge in [0, 0.05) is 13.1 Å². The van der Waals surface area contributed by atoms with E-state index in [1.54, 1.807) is 6.07 Å². The zero-order valence-corrected chi connectivity index (χ0v) is 12.2. The molecule has 4 nitrogen and oxygen atoms in total. The summed E-state index contributed by atoms with van der Waals surface area (Å²) >= 11 is 0. The van der Waals surface area contributed by atoms with Crippen LogP contribution in [-0.2, 0) is 4.79 Å². The summed E-state index contributed by atoms with van der Waals surface area (Å²) < 4.78 is 13.4. The van der Waals surface area contributed by atoms with Gasteiger partial charge in [-0.15, -0.1) is 0 Å². The molecule has 2 aliphatic heterocycles. The van der Waals surface area contributed by atoms with Gasteiger partial charge in [-0.25, -0.2) is 4.39 Å². The standard InChI is InChI=1S/C16H22FN3O/c17-14-6-4-5-13(11-14)16-18-12-15(21)20(16)10-9-19-7-2-1-3-8-19/h4-6,11,16,18H,1-3,7-10,12H2. The molecule has 2 heterocycles. The third-order valence-electron chi connectivity index (χ3n) is 4.35. The minimum atomic E-state index is -0.260. The van der Waals surface area contributed by atoms with Crippen LogP contribution in [0.1, 0.15) is 31.0 Å². The number of carbonyl (C=O) groups excluding carboxylic acids is 1. The minimum Gasteiger partial charge on any atom is -0.321 e. The van der Waals surface area contributed by atoms with E-state index in [9.17, 15) is 9.18 Å². The Morgan fingerprint density at radius 3 is 2.76 bits per heavy atom. The molecule has 1 aromatic carbocycles. The van der Waals surface area contributed by atoms with Crippen LogP contribution in [0.5, 0.6) is 0 Å². The summed E-state index contributed by atoms with van der Waals surface area (Å²) in [5.74, 6) is -0.161. The molecule has 1 aromatic rings. The van der Waals surface area contributed by atoms with Crippen LogP contribution in [-0.4, -0.2) is 48.4 Å². The molecule has 0 bridgehead atoms. The van der Waals surface area contributed by atoms with E-state index in [1.807, 2.05) is 11.0 Å². The molecule has 1 unspecified atom stereocenters. The van der Waals surface area contributed by atoms with Crippen molar-refractivity contribution in [1.29, 1.82) is 0 Å². The predicted octanol–water partition coefficient (Wildman–Crippen LogP) is 1.74. The van der Waals surface area contributed by atoms with E-state index >= 15 is 0 Å². The van der Waals surface area contributed by atoms with Crippen molar-refractivity contribution < 1.29 is 9.18 Å². The maximum atomic E-state index is 13.4. The van der Waals surface area contributed by atoms with Gasteiger partial charge in [-0.1, -0.05) is 18.6 Å². The van der Waals surface area contributed by atoms with Crippen LogP contribution in [0.15, 0.2) is 24.3 Å². The van der Waals surface area contributed by atoms with Gasteiger partial charge in [-0.3, -0.25) is 10.1 Å². The molecule has 2 saturated heterocycles. The summed E-state index contributed by atoms with van der Waals surface area (Å²) in [5.41, 5.74) is 0.819. The highest BCUT2D eigenvalue weighted by Crippen LogP contribution is 2.23. The van der Waals surface area contributed by atoms with Crippen LogP contribution in [0.4, 0.5) is 4.39 Å². The molecule has 21 heavy (non-hydrogen) atoms. The molecule has 1 N–H and O–H groups in total. The normalized spacial score (nSPS) is 23.8. The highest BCUT2D eigenvalue weighted by atomic mass is 19.1. The maximum absolute atomic E-state index is 13.4. The second kappa shape index (κ2) is 6.54. The summed E-state index contributed by atoms with van der Waals surface area (Å²) in [6.07, 6.45) is 3.61. The first kappa shape index (κ1) is 14.5. The van der Waals surface area contributed by atoms with Gasteiger partial charge in [0.25, 0.3) is 0 Å². The summed E-state index contributed by atoms with van der Waals surface area (Å²) in [7, 11) is 0. The number of hydrogen-bond donors (Lipinski definition) is 1. The molecule has 5 heteroatoms. The molecule has 0 spiro atoms. The van der Waals surface area contributed by atoms with Crippen molar-refractivity contribution in [2.75, 3.05) is 32.7 Å². The van der Waals surface area contributed by atoms with Crippen molar-refractivity contribution in [1.82, 2.24) is 15.1 Å². The van der Waals surface area contributed by atoms with Crippen LogP contribution >= 0.6 is 0 Å². The average molecular weight is 291 g/mol. The molecule has 1 amide bonds. The second-order valence-corrected chi connectivity index (χ2v) is 5.83. The van der Waals surface area contributed by atoms with E-state index in [4.69, 9.17) is 0 Å². The first-order valence-electron chi connectivity index (χ1n) is 7.75. The molecule has 114 valence electrons. The molecule has 0 radical (unpaired) electrons. The topological polar surface area (TPSA) is 35.6 Å². The van der Waals surface area contributed by atoms with Crippen molar-refractivity contribution in [3.05, 3.63) is 35.6 Å². The van der Waals surface area contributed by atoms with E-state index < -0.39 is 0 Å². The Morgan fingerprint density at radius 2 is 2.00 bits per heavy atom. The minimum absolute atomic E-state index is 0.0984. The van der Waals surface area contributed by atoms with Gasteiger partial charge in [0.1, 0.15) is 12.0 Å². The van der Waals surface area contributed by atoms with E-state index in [-0.39, 0.29) is 17.9 Å². The number of likely N-dealkylation sites (tertiary alicyclic amines) is 1. The number of amides is 1. The van der Waals surface area contributed by atoms with Crippen LogP contribution < -0.4 is 5.32 Å². The van der Waals surface area contributed by atoms with Crippen molar-refractivity contribution in [2.45, 2.75) is 25.4 Å². The lowest BCUT2D eigenvalue weighted by molar-refractivity contribution is -0.128. The van der Waals surface area contributed by atoms with Gasteiger partial charge >= 0.3 is 0 Å². The van der Waals surface area contributed by atoms with Gasteiger partial charge in [0.15, 0.2) is 0 Å². The van der Waals surface area contributed by atoms with Gasteiger partial charge in [0.05, 0.1) is 6.54 Å². The SMILES string of the molecule is O=C1CNC(c2cccc(F)c2)N1CCN1CCCCC1. The number of benzene rings is 1. The van der Waals surface area contributed by atoms with Gasteiger partial charge < -0.3 is 9.80 Å². The smallest absolute Gasteiger partial charge is 0.238 e. The second-order valence-electron chi connectivity index (χ2n) is 5.83. The molecule has 1 atom stereocenters. The fourth-order valence-electron chi connectivity index (χ4n) is 3.20. The highest BCUT2D eigenvalue weighted by molar-refractivity contribution is 5.80. The Bertz CT molecular complexity index is 502. The summed E-state index contributed by atoms with van der Waals surface area (Å²) in [6.45, 7) is 4.19. The van der Waals surface area contributed by atoms with Crippen molar-refractivity contribution >= 4 is 5.91 Å². The fraction of sp³-hybridized carbons (Fsp3) is 0.562. The highest BCUT2D eigenvalue weighted by Gasteiger charge is 2.31. The van der Waals surface area contributed by atoms with E-state index in [1.165, 1.54) is 31.4 Å². The first-order chi connectivity index (χ1) is 10.2. The summed E-state index contributed by atoms with van der Waals surface area (Å²) in [4.78, 5) is 16.3. The summed E-state index contributed by atoms with van der Waals surface area (Å²) in [6, 6.07) is 6.49. The van der Waals surface area contributed by atoms with Crippen LogP contribution in [0.2, 0.25) is 0 Å². The van der Waals surface area contributed by atoms with Crippen LogP contribution in [0.25, 0.3) is 0 Å². The molecule has 0 saturated carbocycles. The Morgan fingerprint density at radius 1 is 1.19 bits per heavy atom. The molecule has 0 aliphatic carbocycles. The average Bonchev–Trinajstić information content (AvgIpc) is 2.87. The van der Waals surface area contributed by atoms with Crippen molar-refractivity contribution in [3.63, 3.8) is 0 Å². The number of halogens is 1. The first-order valence-corrected chi connectivity index (χ1v) is 7.75. The zero-order chi connectivity index (χ0) is 14.7. The van der Waals surface area contributed by atoms with Crippen LogP contribution in [0, 0.1) is 5.82 Å². The quantitative estimate of drug-likeness (QED) is 0.918. The Balaban J connectivity index is 1.65. The molecule has 0 aromatic heterocycles. The van der Waals surface area contributed by atoms with Gasteiger partial charge in [0.2, 0.25) is 5.91 Å². The number of nitrogens with zero attached hydrogens (tertiary/aromatic N) is 2. The van der Waals surface area contributed by atoms with E-state index in [0.29, 0.717) is 13.1 Å².